The topological polar surface area (TPSA) is 50.8 Å². The molecule has 0 spiro atoms. The Morgan fingerprint density at radius 2 is 2.00 bits per heavy atom. The molecule has 0 aromatic heterocycles. The summed E-state index contributed by atoms with van der Waals surface area (Å²) >= 11 is 0. The van der Waals surface area contributed by atoms with E-state index in [9.17, 15) is 4.79 Å². The molecule has 0 aromatic carbocycles. The highest BCUT2D eigenvalue weighted by Crippen LogP contribution is 1.94. The third-order valence-electron chi connectivity index (χ3n) is 2.26. The summed E-state index contributed by atoms with van der Waals surface area (Å²) in [5.41, 5.74) is 0. The van der Waals surface area contributed by atoms with Crippen LogP contribution in [0, 0.1) is 0 Å². The Kier molecular flexibility index (Phi) is 11.0. The molecule has 0 radical (unpaired) electrons. The zero-order valence-electron chi connectivity index (χ0n) is 10.9. The standard InChI is InChI=1S/C12H24N2O3/c1-4-6-13-11-12(15)14(8-10-17-3)7-5-9-16-2/h4,13H,1,5-11H2,2-3H3. The van der Waals surface area contributed by atoms with Crippen LogP contribution in [0.5, 0.6) is 0 Å². The molecule has 0 aliphatic heterocycles. The molecule has 5 heteroatoms. The summed E-state index contributed by atoms with van der Waals surface area (Å²) < 4.78 is 9.97. The number of methoxy groups -OCH3 is 2. The number of carbonyl (C=O) groups excluding carboxylic acids is 1. The number of ether oxygens (including phenoxy) is 2. The molecule has 0 aliphatic rings. The maximum Gasteiger partial charge on any atom is 0.236 e. The quantitative estimate of drug-likeness (QED) is 0.419. The van der Waals surface area contributed by atoms with E-state index in [1.807, 2.05) is 0 Å². The van der Waals surface area contributed by atoms with Crippen molar-refractivity contribution in [3.8, 4) is 0 Å². The SMILES string of the molecule is C=CCNCC(=O)N(CCCOC)CCOC. The second-order valence-corrected chi connectivity index (χ2v) is 3.64. The van der Waals surface area contributed by atoms with Crippen molar-refractivity contribution < 1.29 is 14.3 Å². The Morgan fingerprint density at radius 3 is 2.59 bits per heavy atom. The van der Waals surface area contributed by atoms with E-state index in [4.69, 9.17) is 9.47 Å². The third kappa shape index (κ3) is 8.85. The van der Waals surface area contributed by atoms with Crippen molar-refractivity contribution in [3.05, 3.63) is 12.7 Å². The maximum atomic E-state index is 11.9. The van der Waals surface area contributed by atoms with Crippen LogP contribution in [0.1, 0.15) is 6.42 Å². The van der Waals surface area contributed by atoms with Gasteiger partial charge in [-0.2, -0.15) is 0 Å². The lowest BCUT2D eigenvalue weighted by atomic mass is 10.3. The molecule has 1 amide bonds. The fraction of sp³-hybridized carbons (Fsp3) is 0.750. The Labute approximate surface area is 104 Å². The lowest BCUT2D eigenvalue weighted by Crippen LogP contribution is -2.40. The Hall–Kier alpha value is -0.910. The fourth-order valence-corrected chi connectivity index (χ4v) is 1.36. The van der Waals surface area contributed by atoms with Gasteiger partial charge in [0, 0.05) is 40.5 Å². The third-order valence-corrected chi connectivity index (χ3v) is 2.26. The first-order chi connectivity index (χ1) is 8.26. The molecule has 1 N–H and O–H groups in total. The highest BCUT2D eigenvalue weighted by molar-refractivity contribution is 5.78. The fourth-order valence-electron chi connectivity index (χ4n) is 1.36. The average molecular weight is 244 g/mol. The predicted octanol–water partition coefficient (Wildman–Crippen LogP) is 0.274. The van der Waals surface area contributed by atoms with Crippen LogP contribution in [0.2, 0.25) is 0 Å². The Morgan fingerprint density at radius 1 is 1.29 bits per heavy atom. The first kappa shape index (κ1) is 16.1. The summed E-state index contributed by atoms with van der Waals surface area (Å²) in [4.78, 5) is 13.6. The van der Waals surface area contributed by atoms with E-state index < -0.39 is 0 Å². The maximum absolute atomic E-state index is 11.9. The van der Waals surface area contributed by atoms with Crippen LogP contribution in [-0.2, 0) is 14.3 Å². The van der Waals surface area contributed by atoms with Crippen molar-refractivity contribution in [1.29, 1.82) is 0 Å². The number of rotatable bonds is 11. The smallest absolute Gasteiger partial charge is 0.236 e. The van der Waals surface area contributed by atoms with Gasteiger partial charge in [0.15, 0.2) is 0 Å². The van der Waals surface area contributed by atoms with E-state index in [0.717, 1.165) is 6.42 Å². The van der Waals surface area contributed by atoms with Gasteiger partial charge in [-0.1, -0.05) is 6.08 Å². The highest BCUT2D eigenvalue weighted by atomic mass is 16.5. The summed E-state index contributed by atoms with van der Waals surface area (Å²) in [5, 5.41) is 3.00. The molecule has 0 saturated carbocycles. The van der Waals surface area contributed by atoms with Crippen LogP contribution in [-0.4, -0.2) is 64.4 Å². The summed E-state index contributed by atoms with van der Waals surface area (Å²) in [6.07, 6.45) is 2.57. The van der Waals surface area contributed by atoms with Crippen LogP contribution in [0.4, 0.5) is 0 Å². The van der Waals surface area contributed by atoms with Crippen molar-refractivity contribution in [2.75, 3.05) is 53.6 Å². The molecular formula is C12H24N2O3. The van der Waals surface area contributed by atoms with E-state index in [1.54, 1.807) is 25.2 Å². The number of nitrogens with one attached hydrogen (secondary N) is 1. The molecule has 0 unspecified atom stereocenters. The van der Waals surface area contributed by atoms with Crippen LogP contribution in [0.15, 0.2) is 12.7 Å². The minimum atomic E-state index is 0.0833. The van der Waals surface area contributed by atoms with Crippen LogP contribution in [0.25, 0.3) is 0 Å². The largest absolute Gasteiger partial charge is 0.385 e. The van der Waals surface area contributed by atoms with Crippen molar-refractivity contribution in [2.24, 2.45) is 0 Å². The van der Waals surface area contributed by atoms with E-state index in [-0.39, 0.29) is 5.91 Å². The van der Waals surface area contributed by atoms with Gasteiger partial charge >= 0.3 is 0 Å². The monoisotopic (exact) mass is 244 g/mol. The molecule has 0 fully saturated rings. The Bertz CT molecular complexity index is 210. The number of amides is 1. The van der Waals surface area contributed by atoms with Gasteiger partial charge in [-0.25, -0.2) is 0 Å². The van der Waals surface area contributed by atoms with Crippen molar-refractivity contribution in [3.63, 3.8) is 0 Å². The molecular weight excluding hydrogens is 220 g/mol. The van der Waals surface area contributed by atoms with Gasteiger partial charge in [0.25, 0.3) is 0 Å². The Balaban J connectivity index is 3.95. The van der Waals surface area contributed by atoms with Gasteiger partial charge in [0.05, 0.1) is 13.2 Å². The van der Waals surface area contributed by atoms with Gasteiger partial charge in [-0.15, -0.1) is 6.58 Å². The first-order valence-corrected chi connectivity index (χ1v) is 5.83. The number of nitrogens with zero attached hydrogens (tertiary/aromatic N) is 1. The molecule has 5 nitrogen and oxygen atoms in total. The summed E-state index contributed by atoms with van der Waals surface area (Å²) in [5.74, 6) is 0.0833. The lowest BCUT2D eigenvalue weighted by Gasteiger charge is -2.22. The van der Waals surface area contributed by atoms with Crippen molar-refractivity contribution >= 4 is 5.91 Å². The first-order valence-electron chi connectivity index (χ1n) is 5.83. The van der Waals surface area contributed by atoms with Crippen LogP contribution >= 0.6 is 0 Å². The molecule has 0 aliphatic carbocycles. The summed E-state index contributed by atoms with van der Waals surface area (Å²) in [7, 11) is 3.29. The van der Waals surface area contributed by atoms with Gasteiger partial charge in [0.2, 0.25) is 5.91 Å². The van der Waals surface area contributed by atoms with E-state index in [1.165, 1.54) is 0 Å². The van der Waals surface area contributed by atoms with Gasteiger partial charge in [-0.3, -0.25) is 4.79 Å². The van der Waals surface area contributed by atoms with Crippen LogP contribution < -0.4 is 5.32 Å². The average Bonchev–Trinajstić information content (AvgIpc) is 2.33. The molecule has 0 saturated heterocycles. The lowest BCUT2D eigenvalue weighted by molar-refractivity contribution is -0.131. The van der Waals surface area contributed by atoms with E-state index >= 15 is 0 Å². The molecule has 100 valence electrons. The zero-order chi connectivity index (χ0) is 12.9. The molecule has 0 atom stereocenters. The number of carbonyl (C=O) groups is 1. The summed E-state index contributed by atoms with van der Waals surface area (Å²) in [6, 6.07) is 0. The molecule has 0 bridgehead atoms. The molecule has 0 heterocycles. The zero-order valence-corrected chi connectivity index (χ0v) is 10.9. The van der Waals surface area contributed by atoms with E-state index in [2.05, 4.69) is 11.9 Å². The molecule has 0 rings (SSSR count). The van der Waals surface area contributed by atoms with Crippen LogP contribution in [0.3, 0.4) is 0 Å². The van der Waals surface area contributed by atoms with E-state index in [0.29, 0.717) is 39.4 Å². The minimum Gasteiger partial charge on any atom is -0.385 e. The number of hydrogen-bond acceptors (Lipinski definition) is 4. The summed E-state index contributed by atoms with van der Waals surface area (Å²) in [6.45, 7) is 7.10. The van der Waals surface area contributed by atoms with Crippen molar-refractivity contribution in [1.82, 2.24) is 10.2 Å². The molecule has 0 aromatic rings. The van der Waals surface area contributed by atoms with Gasteiger partial charge < -0.3 is 19.7 Å². The second-order valence-electron chi connectivity index (χ2n) is 3.64. The molecule has 17 heavy (non-hydrogen) atoms. The van der Waals surface area contributed by atoms with Crippen molar-refractivity contribution in [2.45, 2.75) is 6.42 Å². The highest BCUT2D eigenvalue weighted by Gasteiger charge is 2.11. The van der Waals surface area contributed by atoms with Gasteiger partial charge in [-0.05, 0) is 6.42 Å². The minimum absolute atomic E-state index is 0.0833. The number of hydrogen-bond donors (Lipinski definition) is 1. The second kappa shape index (κ2) is 11.6. The normalized spacial score (nSPS) is 10.2. The van der Waals surface area contributed by atoms with Gasteiger partial charge in [0.1, 0.15) is 0 Å². The predicted molar refractivity (Wildman–Crippen MR) is 68.0 cm³/mol.